The van der Waals surface area contributed by atoms with Crippen LogP contribution in [0.1, 0.15) is 44.2 Å². The Morgan fingerprint density at radius 3 is 1.93 bits per heavy atom. The van der Waals surface area contributed by atoms with Crippen LogP contribution in [0.5, 0.6) is 5.75 Å². The van der Waals surface area contributed by atoms with E-state index in [-0.39, 0.29) is 30.9 Å². The third kappa shape index (κ3) is 10.9. The minimum Gasteiger partial charge on any atom is -0.508 e. The van der Waals surface area contributed by atoms with Crippen LogP contribution < -0.4 is 21.7 Å². The lowest BCUT2D eigenvalue weighted by Gasteiger charge is -2.28. The van der Waals surface area contributed by atoms with Crippen LogP contribution in [0.2, 0.25) is 0 Å². The molecule has 0 radical (unpaired) electrons. The second-order valence-corrected chi connectivity index (χ2v) is 9.93. The number of rotatable bonds is 16. The molecule has 2 rings (SSSR count). The van der Waals surface area contributed by atoms with Gasteiger partial charge in [-0.3, -0.25) is 19.2 Å². The molecular weight excluding hydrogens is 532 g/mol. The standard InChI is InChI=1S/C29H38N4O8/c1-3-17(2)25(33-26(37)21(30)15-18-7-5-4-6-8-18)28(39)32-23(16-19-9-11-20(34)12-10-19)27(38)31-22(29(40)41)13-14-24(35)36/h4-12,17,21-23,25,34H,3,13-16,30H2,1-2H3,(H,31,38)(H,32,39)(H,33,37)(H,35,36)(H,40,41). The monoisotopic (exact) mass is 570 g/mol. The largest absolute Gasteiger partial charge is 0.508 e. The third-order valence-electron chi connectivity index (χ3n) is 6.70. The molecule has 0 heterocycles. The molecule has 0 aliphatic carbocycles. The van der Waals surface area contributed by atoms with Gasteiger partial charge in [-0.1, -0.05) is 62.7 Å². The van der Waals surface area contributed by atoms with E-state index >= 15 is 0 Å². The van der Waals surface area contributed by atoms with E-state index in [1.807, 2.05) is 37.3 Å². The van der Waals surface area contributed by atoms with Crippen molar-refractivity contribution in [1.82, 2.24) is 16.0 Å². The molecular formula is C29H38N4O8. The first-order chi connectivity index (χ1) is 19.4. The number of nitrogens with one attached hydrogen (secondary N) is 3. The van der Waals surface area contributed by atoms with Gasteiger partial charge in [0, 0.05) is 12.8 Å². The summed E-state index contributed by atoms with van der Waals surface area (Å²) in [5.41, 5.74) is 7.51. The predicted molar refractivity (Wildman–Crippen MR) is 150 cm³/mol. The van der Waals surface area contributed by atoms with Gasteiger partial charge in [0.25, 0.3) is 0 Å². The maximum atomic E-state index is 13.5. The second-order valence-electron chi connectivity index (χ2n) is 9.93. The zero-order valence-corrected chi connectivity index (χ0v) is 23.1. The average molecular weight is 571 g/mol. The van der Waals surface area contributed by atoms with Crippen molar-refractivity contribution < 1.29 is 39.3 Å². The fourth-order valence-corrected chi connectivity index (χ4v) is 4.06. The Morgan fingerprint density at radius 2 is 1.37 bits per heavy atom. The Hall–Kier alpha value is -4.45. The van der Waals surface area contributed by atoms with E-state index in [0.717, 1.165) is 5.56 Å². The van der Waals surface area contributed by atoms with Crippen molar-refractivity contribution in [2.24, 2.45) is 11.7 Å². The molecule has 5 atom stereocenters. The molecule has 5 unspecified atom stereocenters. The maximum Gasteiger partial charge on any atom is 0.326 e. The number of carbonyl (C=O) groups is 5. The van der Waals surface area contributed by atoms with Crippen molar-refractivity contribution in [2.45, 2.75) is 70.1 Å². The Kier molecular flexibility index (Phi) is 12.8. The lowest BCUT2D eigenvalue weighted by atomic mass is 9.96. The van der Waals surface area contributed by atoms with Crippen molar-refractivity contribution >= 4 is 29.7 Å². The molecule has 0 saturated carbocycles. The number of hydrogen-bond acceptors (Lipinski definition) is 7. The van der Waals surface area contributed by atoms with Crippen LogP contribution in [0, 0.1) is 5.92 Å². The minimum absolute atomic E-state index is 0.00946. The highest BCUT2D eigenvalue weighted by Gasteiger charge is 2.32. The van der Waals surface area contributed by atoms with Gasteiger partial charge in [0.1, 0.15) is 23.9 Å². The fourth-order valence-electron chi connectivity index (χ4n) is 4.06. The summed E-state index contributed by atoms with van der Waals surface area (Å²) in [6.45, 7) is 3.59. The summed E-state index contributed by atoms with van der Waals surface area (Å²) in [6.07, 6.45) is -0.158. The molecule has 0 fully saturated rings. The highest BCUT2D eigenvalue weighted by atomic mass is 16.4. The number of benzene rings is 2. The van der Waals surface area contributed by atoms with E-state index in [4.69, 9.17) is 10.8 Å². The van der Waals surface area contributed by atoms with Crippen LogP contribution in [-0.4, -0.2) is 69.1 Å². The van der Waals surface area contributed by atoms with E-state index in [1.165, 1.54) is 24.3 Å². The Labute approximate surface area is 238 Å². The van der Waals surface area contributed by atoms with Crippen LogP contribution in [0.25, 0.3) is 0 Å². The summed E-state index contributed by atoms with van der Waals surface area (Å²) >= 11 is 0. The molecule has 0 spiro atoms. The molecule has 8 N–H and O–H groups in total. The zero-order valence-electron chi connectivity index (χ0n) is 23.1. The normalized spacial score (nSPS) is 14.5. The van der Waals surface area contributed by atoms with Gasteiger partial charge in [-0.15, -0.1) is 0 Å². The van der Waals surface area contributed by atoms with E-state index in [9.17, 15) is 34.2 Å². The average Bonchev–Trinajstić information content (AvgIpc) is 2.94. The number of carbonyl (C=O) groups excluding carboxylic acids is 3. The molecule has 3 amide bonds. The number of aliphatic carboxylic acids is 2. The van der Waals surface area contributed by atoms with Gasteiger partial charge < -0.3 is 37.0 Å². The molecule has 0 bridgehead atoms. The van der Waals surface area contributed by atoms with Gasteiger partial charge in [0.15, 0.2) is 0 Å². The lowest BCUT2D eigenvalue weighted by molar-refractivity contribution is -0.143. The number of aromatic hydroxyl groups is 1. The number of amides is 3. The zero-order chi connectivity index (χ0) is 30.5. The number of phenolic OH excluding ortho intramolecular Hbond substituents is 1. The summed E-state index contributed by atoms with van der Waals surface area (Å²) < 4.78 is 0. The fraction of sp³-hybridized carbons (Fsp3) is 0.414. The minimum atomic E-state index is -1.50. The van der Waals surface area contributed by atoms with Crippen LogP contribution in [0.3, 0.4) is 0 Å². The maximum absolute atomic E-state index is 13.5. The van der Waals surface area contributed by atoms with Crippen LogP contribution >= 0.6 is 0 Å². The Bertz CT molecular complexity index is 1190. The Morgan fingerprint density at radius 1 is 0.780 bits per heavy atom. The van der Waals surface area contributed by atoms with Crippen molar-refractivity contribution in [3.05, 3.63) is 65.7 Å². The molecule has 12 heteroatoms. The SMILES string of the molecule is CCC(C)C(NC(=O)C(N)Cc1ccccc1)C(=O)NC(Cc1ccc(O)cc1)C(=O)NC(CCC(=O)O)C(=O)O. The second kappa shape index (κ2) is 16.0. The molecule has 12 nitrogen and oxygen atoms in total. The number of phenols is 1. The summed E-state index contributed by atoms with van der Waals surface area (Å²) in [4.78, 5) is 62.2. The highest BCUT2D eigenvalue weighted by molar-refractivity contribution is 5.94. The number of nitrogens with two attached hydrogens (primary N) is 1. The van der Waals surface area contributed by atoms with E-state index in [1.54, 1.807) is 6.92 Å². The van der Waals surface area contributed by atoms with E-state index in [2.05, 4.69) is 16.0 Å². The molecule has 0 aliphatic rings. The van der Waals surface area contributed by atoms with Gasteiger partial charge in [-0.05, 0) is 42.0 Å². The smallest absolute Gasteiger partial charge is 0.326 e. The number of carboxylic acids is 2. The number of hydrogen-bond donors (Lipinski definition) is 7. The molecule has 2 aromatic rings. The lowest BCUT2D eigenvalue weighted by Crippen LogP contribution is -2.59. The molecule has 41 heavy (non-hydrogen) atoms. The van der Waals surface area contributed by atoms with Gasteiger partial charge in [-0.25, -0.2) is 4.79 Å². The summed E-state index contributed by atoms with van der Waals surface area (Å²) in [5.74, 6) is -5.07. The van der Waals surface area contributed by atoms with Crippen LogP contribution in [-0.2, 0) is 36.8 Å². The topological polar surface area (TPSA) is 208 Å². The first-order valence-electron chi connectivity index (χ1n) is 13.3. The third-order valence-corrected chi connectivity index (χ3v) is 6.70. The first kappa shape index (κ1) is 32.8. The van der Waals surface area contributed by atoms with E-state index < -0.39 is 60.2 Å². The highest BCUT2D eigenvalue weighted by Crippen LogP contribution is 2.14. The van der Waals surface area contributed by atoms with Gasteiger partial charge in [0.05, 0.1) is 6.04 Å². The summed E-state index contributed by atoms with van der Waals surface area (Å²) in [7, 11) is 0. The molecule has 0 aliphatic heterocycles. The summed E-state index contributed by atoms with van der Waals surface area (Å²) in [6, 6.07) is 10.3. The quantitative estimate of drug-likeness (QED) is 0.153. The van der Waals surface area contributed by atoms with Crippen molar-refractivity contribution in [3.63, 3.8) is 0 Å². The van der Waals surface area contributed by atoms with Crippen molar-refractivity contribution in [3.8, 4) is 5.75 Å². The Balaban J connectivity index is 2.24. The molecule has 2 aromatic carbocycles. The van der Waals surface area contributed by atoms with Gasteiger partial charge in [-0.2, -0.15) is 0 Å². The van der Waals surface area contributed by atoms with Gasteiger partial charge in [0.2, 0.25) is 17.7 Å². The summed E-state index contributed by atoms with van der Waals surface area (Å²) in [5, 5.41) is 35.6. The predicted octanol–water partition coefficient (Wildman–Crippen LogP) is 0.955. The van der Waals surface area contributed by atoms with Crippen LogP contribution in [0.4, 0.5) is 0 Å². The molecule has 0 aromatic heterocycles. The van der Waals surface area contributed by atoms with E-state index in [0.29, 0.717) is 12.0 Å². The first-order valence-corrected chi connectivity index (χ1v) is 13.3. The molecule has 222 valence electrons. The molecule has 0 saturated heterocycles. The van der Waals surface area contributed by atoms with Crippen LogP contribution in [0.15, 0.2) is 54.6 Å². The van der Waals surface area contributed by atoms with Crippen molar-refractivity contribution in [1.29, 1.82) is 0 Å². The van der Waals surface area contributed by atoms with Crippen molar-refractivity contribution in [2.75, 3.05) is 0 Å². The van der Waals surface area contributed by atoms with Gasteiger partial charge >= 0.3 is 11.9 Å². The number of carboxylic acid groups (broad SMARTS) is 2.